The maximum atomic E-state index is 12.2. The number of rotatable bonds is 7. The molecule has 0 aliphatic rings. The van der Waals surface area contributed by atoms with Crippen molar-refractivity contribution in [3.63, 3.8) is 0 Å². The molecule has 0 spiro atoms. The molecule has 0 aliphatic carbocycles. The van der Waals surface area contributed by atoms with Gasteiger partial charge in [0.15, 0.2) is 0 Å². The molecule has 0 bridgehead atoms. The van der Waals surface area contributed by atoms with Crippen LogP contribution in [0.1, 0.15) is 25.8 Å². The van der Waals surface area contributed by atoms with Gasteiger partial charge in [-0.2, -0.15) is 4.31 Å². The molecular weight excluding hydrogens is 248 g/mol. The summed E-state index contributed by atoms with van der Waals surface area (Å²) in [6.45, 7) is 5.33. The smallest absolute Gasteiger partial charge is 0.243 e. The van der Waals surface area contributed by atoms with E-state index in [2.05, 4.69) is 0 Å². The monoisotopic (exact) mass is 270 g/mol. The third kappa shape index (κ3) is 3.54. The Labute approximate surface area is 110 Å². The van der Waals surface area contributed by atoms with E-state index in [4.69, 9.17) is 5.73 Å². The summed E-state index contributed by atoms with van der Waals surface area (Å²) in [6.07, 6.45) is 1.81. The zero-order valence-corrected chi connectivity index (χ0v) is 11.9. The molecule has 1 rings (SSSR count). The van der Waals surface area contributed by atoms with Crippen LogP contribution in [0.25, 0.3) is 0 Å². The zero-order valence-electron chi connectivity index (χ0n) is 11.1. The first-order valence-corrected chi connectivity index (χ1v) is 7.79. The fraction of sp³-hybridized carbons (Fsp3) is 0.538. The number of hydrogen-bond acceptors (Lipinski definition) is 3. The fourth-order valence-electron chi connectivity index (χ4n) is 1.85. The summed E-state index contributed by atoms with van der Waals surface area (Å²) in [5.41, 5.74) is 6.57. The van der Waals surface area contributed by atoms with E-state index in [1.54, 1.807) is 12.1 Å². The number of sulfonamides is 1. The van der Waals surface area contributed by atoms with E-state index < -0.39 is 10.0 Å². The van der Waals surface area contributed by atoms with Crippen LogP contribution in [0.3, 0.4) is 0 Å². The van der Waals surface area contributed by atoms with Crippen molar-refractivity contribution < 1.29 is 8.42 Å². The molecule has 1 aromatic rings. The first kappa shape index (κ1) is 15.1. The summed E-state index contributed by atoms with van der Waals surface area (Å²) in [6, 6.07) is 7.09. The van der Waals surface area contributed by atoms with Gasteiger partial charge in [0.05, 0.1) is 4.90 Å². The van der Waals surface area contributed by atoms with Crippen molar-refractivity contribution in [2.75, 3.05) is 19.6 Å². The minimum Gasteiger partial charge on any atom is -0.330 e. The largest absolute Gasteiger partial charge is 0.330 e. The highest BCUT2D eigenvalue weighted by Crippen LogP contribution is 2.16. The quantitative estimate of drug-likeness (QED) is 0.818. The predicted molar refractivity (Wildman–Crippen MR) is 73.9 cm³/mol. The summed E-state index contributed by atoms with van der Waals surface area (Å²) >= 11 is 0. The summed E-state index contributed by atoms with van der Waals surface area (Å²) in [5, 5.41) is 0. The Kier molecular flexibility index (Phi) is 5.78. The highest BCUT2D eigenvalue weighted by molar-refractivity contribution is 7.89. The number of nitrogens with two attached hydrogens (primary N) is 1. The minimum absolute atomic E-state index is 0.364. The first-order chi connectivity index (χ1) is 8.56. The van der Waals surface area contributed by atoms with E-state index in [9.17, 15) is 8.42 Å². The van der Waals surface area contributed by atoms with E-state index in [0.29, 0.717) is 24.5 Å². The van der Waals surface area contributed by atoms with Crippen LogP contribution < -0.4 is 5.73 Å². The molecule has 4 nitrogen and oxygen atoms in total. The van der Waals surface area contributed by atoms with Crippen molar-refractivity contribution in [1.29, 1.82) is 0 Å². The Morgan fingerprint density at radius 2 is 1.67 bits per heavy atom. The van der Waals surface area contributed by atoms with Crippen molar-refractivity contribution in [3.8, 4) is 0 Å². The maximum Gasteiger partial charge on any atom is 0.243 e. The molecule has 0 amide bonds. The minimum atomic E-state index is -3.33. The van der Waals surface area contributed by atoms with Gasteiger partial charge in [-0.3, -0.25) is 0 Å². The summed E-state index contributed by atoms with van der Waals surface area (Å²) < 4.78 is 25.9. The Balaban J connectivity index is 2.90. The third-order valence-corrected chi connectivity index (χ3v) is 5.00. The molecular formula is C13H22N2O2S. The first-order valence-electron chi connectivity index (χ1n) is 6.35. The van der Waals surface area contributed by atoms with Crippen molar-refractivity contribution in [1.82, 2.24) is 4.31 Å². The van der Waals surface area contributed by atoms with Crippen molar-refractivity contribution >= 4 is 10.0 Å². The third-order valence-electron chi connectivity index (χ3n) is 2.94. The van der Waals surface area contributed by atoms with Gasteiger partial charge < -0.3 is 5.73 Å². The second-order valence-electron chi connectivity index (χ2n) is 4.13. The summed E-state index contributed by atoms with van der Waals surface area (Å²) in [7, 11) is -3.33. The molecule has 102 valence electrons. The molecule has 0 radical (unpaired) electrons. The van der Waals surface area contributed by atoms with Crippen molar-refractivity contribution in [2.24, 2.45) is 5.73 Å². The Morgan fingerprint density at radius 1 is 1.11 bits per heavy atom. The van der Waals surface area contributed by atoms with Gasteiger partial charge in [0.2, 0.25) is 10.0 Å². The van der Waals surface area contributed by atoms with Gasteiger partial charge in [-0.05, 0) is 37.1 Å². The lowest BCUT2D eigenvalue weighted by molar-refractivity contribution is 0.445. The average Bonchev–Trinajstić information content (AvgIpc) is 2.38. The number of benzene rings is 1. The van der Waals surface area contributed by atoms with Crippen LogP contribution in [0.5, 0.6) is 0 Å². The van der Waals surface area contributed by atoms with Gasteiger partial charge in [0.1, 0.15) is 0 Å². The Bertz CT molecular complexity index is 450. The van der Waals surface area contributed by atoms with Crippen LogP contribution >= 0.6 is 0 Å². The molecule has 0 aliphatic heterocycles. The second-order valence-corrected chi connectivity index (χ2v) is 6.06. The van der Waals surface area contributed by atoms with Gasteiger partial charge in [0.25, 0.3) is 0 Å². The molecule has 0 aromatic heterocycles. The lowest BCUT2D eigenvalue weighted by Gasteiger charge is -2.18. The van der Waals surface area contributed by atoms with Gasteiger partial charge >= 0.3 is 0 Å². The molecule has 0 heterocycles. The van der Waals surface area contributed by atoms with E-state index >= 15 is 0 Å². The average molecular weight is 270 g/mol. The lowest BCUT2D eigenvalue weighted by Crippen LogP contribution is -2.30. The SMILES string of the molecule is CCN(CC)S(=O)(=O)c1ccc(CCCN)cc1. The highest BCUT2D eigenvalue weighted by atomic mass is 32.2. The molecule has 18 heavy (non-hydrogen) atoms. The maximum absolute atomic E-state index is 12.2. The molecule has 2 N–H and O–H groups in total. The zero-order chi connectivity index (χ0) is 13.6. The second kappa shape index (κ2) is 6.87. The summed E-state index contributed by atoms with van der Waals surface area (Å²) in [5.74, 6) is 0. The predicted octanol–water partition coefficient (Wildman–Crippen LogP) is 1.61. The molecule has 0 atom stereocenters. The number of aryl methyl sites for hydroxylation is 1. The Hall–Kier alpha value is -0.910. The molecule has 0 fully saturated rings. The topological polar surface area (TPSA) is 63.4 Å². The van der Waals surface area contributed by atoms with E-state index in [1.165, 1.54) is 4.31 Å². The van der Waals surface area contributed by atoms with E-state index in [-0.39, 0.29) is 0 Å². The molecule has 0 saturated heterocycles. The standard InChI is InChI=1S/C13H22N2O2S/c1-3-15(4-2)18(16,17)13-9-7-12(8-10-13)6-5-11-14/h7-10H,3-6,11,14H2,1-2H3. The molecule has 5 heteroatoms. The lowest BCUT2D eigenvalue weighted by atomic mass is 10.1. The number of nitrogens with zero attached hydrogens (tertiary/aromatic N) is 1. The fourth-order valence-corrected chi connectivity index (χ4v) is 3.30. The molecule has 1 aromatic carbocycles. The highest BCUT2D eigenvalue weighted by Gasteiger charge is 2.20. The van der Waals surface area contributed by atoms with Crippen LogP contribution in [0, 0.1) is 0 Å². The molecule has 0 saturated carbocycles. The van der Waals surface area contributed by atoms with E-state index in [0.717, 1.165) is 18.4 Å². The van der Waals surface area contributed by atoms with Crippen LogP contribution in [-0.2, 0) is 16.4 Å². The van der Waals surface area contributed by atoms with Gasteiger partial charge in [-0.1, -0.05) is 26.0 Å². The molecule has 0 unspecified atom stereocenters. The summed E-state index contributed by atoms with van der Waals surface area (Å²) in [4.78, 5) is 0.364. The van der Waals surface area contributed by atoms with Crippen LogP contribution in [0.15, 0.2) is 29.2 Å². The van der Waals surface area contributed by atoms with Gasteiger partial charge in [0, 0.05) is 13.1 Å². The Morgan fingerprint density at radius 3 is 2.11 bits per heavy atom. The normalized spacial score (nSPS) is 12.0. The van der Waals surface area contributed by atoms with Gasteiger partial charge in [-0.15, -0.1) is 0 Å². The van der Waals surface area contributed by atoms with Gasteiger partial charge in [-0.25, -0.2) is 8.42 Å². The van der Waals surface area contributed by atoms with Crippen molar-refractivity contribution in [2.45, 2.75) is 31.6 Å². The van der Waals surface area contributed by atoms with Crippen LogP contribution in [0.2, 0.25) is 0 Å². The van der Waals surface area contributed by atoms with Crippen LogP contribution in [-0.4, -0.2) is 32.4 Å². The van der Waals surface area contributed by atoms with Crippen molar-refractivity contribution in [3.05, 3.63) is 29.8 Å². The van der Waals surface area contributed by atoms with Crippen LogP contribution in [0.4, 0.5) is 0 Å². The van der Waals surface area contributed by atoms with E-state index in [1.807, 2.05) is 26.0 Å². The number of hydrogen-bond donors (Lipinski definition) is 1.